The normalized spacial score (nSPS) is 12.2. The van der Waals surface area contributed by atoms with Gasteiger partial charge in [0.2, 0.25) is 0 Å². The Hall–Kier alpha value is -3.44. The Balaban J connectivity index is 2.02. The van der Waals surface area contributed by atoms with Crippen molar-refractivity contribution in [3.05, 3.63) is 54.0 Å². The lowest BCUT2D eigenvalue weighted by molar-refractivity contribution is -0.141. The van der Waals surface area contributed by atoms with Crippen LogP contribution in [0.2, 0.25) is 0 Å². The Morgan fingerprint density at radius 2 is 1.55 bits per heavy atom. The van der Waals surface area contributed by atoms with E-state index in [-0.39, 0.29) is 34.9 Å². The highest BCUT2D eigenvalue weighted by atomic mass is 19.4. The summed E-state index contributed by atoms with van der Waals surface area (Å²) in [5.74, 6) is 0.161. The minimum absolute atomic E-state index is 0.00743. The Labute approximate surface area is 172 Å². The van der Waals surface area contributed by atoms with Crippen molar-refractivity contribution >= 4 is 17.3 Å². The molecule has 0 aliphatic heterocycles. The summed E-state index contributed by atoms with van der Waals surface area (Å²) in [5, 5.41) is 5.67. The molecule has 31 heavy (non-hydrogen) atoms. The first-order valence-corrected chi connectivity index (χ1v) is 8.91. The van der Waals surface area contributed by atoms with Crippen LogP contribution in [0.15, 0.2) is 42.7 Å². The average Bonchev–Trinajstić information content (AvgIpc) is 2.66. The molecule has 0 atom stereocenters. The van der Waals surface area contributed by atoms with Crippen molar-refractivity contribution in [3.63, 3.8) is 0 Å². The minimum atomic E-state index is -4.66. The van der Waals surface area contributed by atoms with Crippen molar-refractivity contribution in [1.82, 2.24) is 19.9 Å². The standard InChI is InChI=1S/C19H16F6N6/c1-10(2)27-15-7-16(28-12-6-11(8-26-9-12)18(20,21)22)31-17(30-15)13-4-3-5-14(29-13)19(23,24)25/h3-10H,1-2H3,(H2,27,28,30,31). The number of anilines is 3. The zero-order chi connectivity index (χ0) is 22.8. The van der Waals surface area contributed by atoms with Crippen LogP contribution in [0, 0.1) is 0 Å². The van der Waals surface area contributed by atoms with Gasteiger partial charge in [0.1, 0.15) is 23.0 Å². The second-order valence-corrected chi connectivity index (χ2v) is 6.75. The summed E-state index contributed by atoms with van der Waals surface area (Å²) in [6, 6.07) is 5.46. The number of halogens is 6. The molecule has 0 aromatic carbocycles. The van der Waals surface area contributed by atoms with Crippen LogP contribution in [0.3, 0.4) is 0 Å². The zero-order valence-corrected chi connectivity index (χ0v) is 16.2. The van der Waals surface area contributed by atoms with Gasteiger partial charge in [0, 0.05) is 18.3 Å². The first-order valence-electron chi connectivity index (χ1n) is 8.91. The maximum atomic E-state index is 13.0. The molecule has 0 saturated heterocycles. The Kier molecular flexibility index (Phi) is 6.00. The minimum Gasteiger partial charge on any atom is -0.368 e. The molecule has 12 heteroatoms. The topological polar surface area (TPSA) is 75.6 Å². The lowest BCUT2D eigenvalue weighted by Crippen LogP contribution is -2.13. The number of aromatic nitrogens is 4. The van der Waals surface area contributed by atoms with Crippen LogP contribution in [-0.4, -0.2) is 26.0 Å². The van der Waals surface area contributed by atoms with E-state index >= 15 is 0 Å². The summed E-state index contributed by atoms with van der Waals surface area (Å²) < 4.78 is 77.8. The highest BCUT2D eigenvalue weighted by molar-refractivity contribution is 5.63. The molecule has 0 bridgehead atoms. The Bertz CT molecular complexity index is 1060. The molecule has 3 rings (SSSR count). The van der Waals surface area contributed by atoms with Crippen LogP contribution in [-0.2, 0) is 12.4 Å². The second kappa shape index (κ2) is 8.36. The Morgan fingerprint density at radius 3 is 2.19 bits per heavy atom. The number of hydrogen-bond acceptors (Lipinski definition) is 6. The number of nitrogens with zero attached hydrogens (tertiary/aromatic N) is 4. The molecule has 0 spiro atoms. The molecule has 0 saturated carbocycles. The SMILES string of the molecule is CC(C)Nc1cc(Nc2cncc(C(F)(F)F)c2)nc(-c2cccc(C(F)(F)F)n2)n1. The summed E-state index contributed by atoms with van der Waals surface area (Å²) in [7, 11) is 0. The molecule has 3 aromatic heterocycles. The average molecular weight is 442 g/mol. The lowest BCUT2D eigenvalue weighted by Gasteiger charge is -2.14. The molecular formula is C19H16F6N6. The smallest absolute Gasteiger partial charge is 0.368 e. The van der Waals surface area contributed by atoms with Crippen LogP contribution < -0.4 is 10.6 Å². The van der Waals surface area contributed by atoms with Crippen LogP contribution in [0.1, 0.15) is 25.1 Å². The first kappa shape index (κ1) is 22.2. The number of nitrogens with one attached hydrogen (secondary N) is 2. The third-order valence-electron chi connectivity index (χ3n) is 3.77. The molecule has 0 radical (unpaired) electrons. The van der Waals surface area contributed by atoms with Gasteiger partial charge in [-0.15, -0.1) is 0 Å². The summed E-state index contributed by atoms with van der Waals surface area (Å²) in [6.07, 6.45) is -7.41. The van der Waals surface area contributed by atoms with Gasteiger partial charge in [-0.1, -0.05) is 6.07 Å². The predicted molar refractivity (Wildman–Crippen MR) is 102 cm³/mol. The van der Waals surface area contributed by atoms with E-state index in [4.69, 9.17) is 0 Å². The molecular weight excluding hydrogens is 426 g/mol. The highest BCUT2D eigenvalue weighted by Crippen LogP contribution is 2.32. The fourth-order valence-corrected chi connectivity index (χ4v) is 2.52. The fourth-order valence-electron chi connectivity index (χ4n) is 2.52. The van der Waals surface area contributed by atoms with E-state index < -0.39 is 23.6 Å². The van der Waals surface area contributed by atoms with Crippen molar-refractivity contribution in [2.24, 2.45) is 0 Å². The second-order valence-electron chi connectivity index (χ2n) is 6.75. The monoisotopic (exact) mass is 442 g/mol. The number of hydrogen-bond donors (Lipinski definition) is 2. The van der Waals surface area contributed by atoms with Crippen molar-refractivity contribution in [2.45, 2.75) is 32.2 Å². The number of rotatable bonds is 5. The van der Waals surface area contributed by atoms with Crippen molar-refractivity contribution in [1.29, 1.82) is 0 Å². The fraction of sp³-hybridized carbons (Fsp3) is 0.263. The molecule has 2 N–H and O–H groups in total. The largest absolute Gasteiger partial charge is 0.433 e. The first-order chi connectivity index (χ1) is 14.4. The van der Waals surface area contributed by atoms with Crippen molar-refractivity contribution < 1.29 is 26.3 Å². The van der Waals surface area contributed by atoms with E-state index in [1.807, 2.05) is 13.8 Å². The molecule has 0 aliphatic carbocycles. The summed E-state index contributed by atoms with van der Waals surface area (Å²) in [4.78, 5) is 15.4. The van der Waals surface area contributed by atoms with Gasteiger partial charge in [0.05, 0.1) is 17.4 Å². The van der Waals surface area contributed by atoms with Crippen molar-refractivity contribution in [3.8, 4) is 11.5 Å². The Morgan fingerprint density at radius 1 is 0.839 bits per heavy atom. The molecule has 0 aliphatic rings. The molecule has 0 unspecified atom stereocenters. The molecule has 3 heterocycles. The highest BCUT2D eigenvalue weighted by Gasteiger charge is 2.33. The summed E-state index contributed by atoms with van der Waals surface area (Å²) >= 11 is 0. The number of pyridine rings is 2. The molecule has 0 amide bonds. The van der Waals surface area contributed by atoms with Gasteiger partial charge in [-0.25, -0.2) is 15.0 Å². The quantitative estimate of drug-likeness (QED) is 0.506. The molecule has 0 fully saturated rings. The van der Waals surface area contributed by atoms with Gasteiger partial charge in [-0.3, -0.25) is 4.98 Å². The van der Waals surface area contributed by atoms with Gasteiger partial charge in [0.25, 0.3) is 0 Å². The van der Waals surface area contributed by atoms with E-state index in [1.165, 1.54) is 18.2 Å². The number of alkyl halides is 6. The maximum absolute atomic E-state index is 13.0. The van der Waals surface area contributed by atoms with Gasteiger partial charge in [-0.05, 0) is 32.0 Å². The summed E-state index contributed by atoms with van der Waals surface area (Å²) in [5.41, 5.74) is -2.24. The van der Waals surface area contributed by atoms with E-state index in [1.54, 1.807) is 0 Å². The van der Waals surface area contributed by atoms with Crippen LogP contribution in [0.5, 0.6) is 0 Å². The predicted octanol–water partition coefficient (Wildman–Crippen LogP) is 5.54. The van der Waals surface area contributed by atoms with E-state index in [9.17, 15) is 26.3 Å². The van der Waals surface area contributed by atoms with Gasteiger partial charge in [-0.2, -0.15) is 26.3 Å². The maximum Gasteiger partial charge on any atom is 0.433 e. The van der Waals surface area contributed by atoms with Crippen LogP contribution in [0.4, 0.5) is 43.7 Å². The third-order valence-corrected chi connectivity index (χ3v) is 3.77. The molecule has 164 valence electrons. The van der Waals surface area contributed by atoms with Crippen molar-refractivity contribution in [2.75, 3.05) is 10.6 Å². The van der Waals surface area contributed by atoms with Crippen LogP contribution >= 0.6 is 0 Å². The van der Waals surface area contributed by atoms with E-state index in [0.29, 0.717) is 6.20 Å². The molecule has 6 nitrogen and oxygen atoms in total. The lowest BCUT2D eigenvalue weighted by atomic mass is 10.2. The van der Waals surface area contributed by atoms with Gasteiger partial charge in [0.15, 0.2) is 5.82 Å². The van der Waals surface area contributed by atoms with E-state index in [0.717, 1.165) is 18.3 Å². The summed E-state index contributed by atoms with van der Waals surface area (Å²) in [6.45, 7) is 3.63. The van der Waals surface area contributed by atoms with E-state index in [2.05, 4.69) is 30.6 Å². The molecule has 3 aromatic rings. The third kappa shape index (κ3) is 5.80. The zero-order valence-electron chi connectivity index (χ0n) is 16.2. The van der Waals surface area contributed by atoms with Crippen LogP contribution in [0.25, 0.3) is 11.5 Å². The van der Waals surface area contributed by atoms with Gasteiger partial charge >= 0.3 is 12.4 Å². The van der Waals surface area contributed by atoms with Gasteiger partial charge < -0.3 is 10.6 Å².